The number of hydrogen-bond donors (Lipinski definition) is 1. The highest BCUT2D eigenvalue weighted by molar-refractivity contribution is 7.98. The number of nitrogens with zero attached hydrogens (tertiary/aromatic N) is 2. The molecule has 0 aliphatic heterocycles. The summed E-state index contributed by atoms with van der Waals surface area (Å²) in [6, 6.07) is 11.1. The summed E-state index contributed by atoms with van der Waals surface area (Å²) in [6.07, 6.45) is 3.36. The molecule has 0 spiro atoms. The highest BCUT2D eigenvalue weighted by atomic mass is 32.2. The van der Waals surface area contributed by atoms with Crippen molar-refractivity contribution in [3.8, 4) is 0 Å². The summed E-state index contributed by atoms with van der Waals surface area (Å²) in [5.74, 6) is 1.19. The van der Waals surface area contributed by atoms with Crippen molar-refractivity contribution in [3.63, 3.8) is 0 Å². The number of thioether (sulfide) groups is 1. The molecule has 3 nitrogen and oxygen atoms in total. The molecule has 4 heteroatoms. The lowest BCUT2D eigenvalue weighted by Gasteiger charge is -2.28. The van der Waals surface area contributed by atoms with Gasteiger partial charge in [0, 0.05) is 30.7 Å². The van der Waals surface area contributed by atoms with E-state index in [4.69, 9.17) is 4.98 Å². The summed E-state index contributed by atoms with van der Waals surface area (Å²) >= 11 is 1.91. The molecule has 1 N–H and O–H groups in total. The van der Waals surface area contributed by atoms with E-state index in [1.807, 2.05) is 18.8 Å². The molecule has 1 aromatic carbocycles. The number of para-hydroxylation sites is 1. The normalized spacial score (nSPS) is 12.6. The van der Waals surface area contributed by atoms with Crippen LogP contribution < -0.4 is 10.2 Å². The van der Waals surface area contributed by atoms with Gasteiger partial charge in [-0.3, -0.25) is 4.98 Å². The lowest BCUT2D eigenvalue weighted by atomic mass is 10.1. The maximum absolute atomic E-state index is 4.74. The van der Waals surface area contributed by atoms with Gasteiger partial charge in [0.15, 0.2) is 0 Å². The van der Waals surface area contributed by atoms with Crippen molar-refractivity contribution in [1.82, 2.24) is 10.3 Å². The Hall–Kier alpha value is -1.26. The fourth-order valence-electron chi connectivity index (χ4n) is 2.49. The predicted molar refractivity (Wildman–Crippen MR) is 95.4 cm³/mol. The molecule has 0 saturated heterocycles. The van der Waals surface area contributed by atoms with Gasteiger partial charge < -0.3 is 10.2 Å². The first-order valence-electron chi connectivity index (χ1n) is 7.42. The molecule has 0 saturated carbocycles. The molecule has 1 aromatic heterocycles. The molecule has 21 heavy (non-hydrogen) atoms. The monoisotopic (exact) mass is 303 g/mol. The van der Waals surface area contributed by atoms with Gasteiger partial charge in [0.25, 0.3) is 0 Å². The lowest BCUT2D eigenvalue weighted by Crippen LogP contribution is -2.29. The number of benzene rings is 1. The summed E-state index contributed by atoms with van der Waals surface area (Å²) in [7, 11) is 4.15. The fraction of sp³-hybridized carbons (Fsp3) is 0.471. The van der Waals surface area contributed by atoms with Crippen molar-refractivity contribution in [2.24, 2.45) is 0 Å². The molecule has 2 aromatic rings. The second-order valence-electron chi connectivity index (χ2n) is 5.42. The van der Waals surface area contributed by atoms with Crippen LogP contribution in [0, 0.1) is 0 Å². The largest absolute Gasteiger partial charge is 0.371 e. The molecule has 2 rings (SSSR count). The van der Waals surface area contributed by atoms with E-state index >= 15 is 0 Å². The Kier molecular flexibility index (Phi) is 5.88. The molecule has 0 radical (unpaired) electrons. The van der Waals surface area contributed by atoms with Crippen LogP contribution in [-0.2, 0) is 6.54 Å². The van der Waals surface area contributed by atoms with E-state index in [0.717, 1.165) is 17.8 Å². The minimum Gasteiger partial charge on any atom is -0.371 e. The second kappa shape index (κ2) is 7.66. The van der Waals surface area contributed by atoms with Gasteiger partial charge in [-0.2, -0.15) is 11.8 Å². The van der Waals surface area contributed by atoms with Gasteiger partial charge in [0.05, 0.1) is 11.2 Å². The molecule has 0 amide bonds. The molecule has 1 unspecified atom stereocenters. The minimum atomic E-state index is 0.519. The SMILES string of the molecule is CNCc1cc(N(C)C(C)CCSC)c2ccccc2n1. The Morgan fingerprint density at radius 3 is 2.81 bits per heavy atom. The third-order valence-electron chi connectivity index (χ3n) is 3.89. The zero-order chi connectivity index (χ0) is 15.2. The van der Waals surface area contributed by atoms with Gasteiger partial charge in [0.1, 0.15) is 0 Å². The van der Waals surface area contributed by atoms with Gasteiger partial charge in [-0.1, -0.05) is 18.2 Å². The van der Waals surface area contributed by atoms with Crippen LogP contribution in [0.25, 0.3) is 10.9 Å². The average molecular weight is 303 g/mol. The van der Waals surface area contributed by atoms with E-state index in [1.165, 1.54) is 23.2 Å². The molecule has 1 heterocycles. The molecule has 0 bridgehead atoms. The highest BCUT2D eigenvalue weighted by Gasteiger charge is 2.14. The molecule has 1 atom stereocenters. The van der Waals surface area contributed by atoms with Crippen LogP contribution in [0.2, 0.25) is 0 Å². The van der Waals surface area contributed by atoms with Crippen molar-refractivity contribution in [2.45, 2.75) is 25.9 Å². The standard InChI is InChI=1S/C17H25N3S/c1-13(9-10-21-4)20(3)17-11-14(12-18-2)19-16-8-6-5-7-15(16)17/h5-8,11,13,18H,9-10,12H2,1-4H3. The van der Waals surface area contributed by atoms with E-state index in [-0.39, 0.29) is 0 Å². The molecule has 114 valence electrons. The second-order valence-corrected chi connectivity index (χ2v) is 6.41. The number of fused-ring (bicyclic) bond motifs is 1. The first-order chi connectivity index (χ1) is 10.2. The number of nitrogens with one attached hydrogen (secondary N) is 1. The zero-order valence-electron chi connectivity index (χ0n) is 13.4. The van der Waals surface area contributed by atoms with Crippen molar-refractivity contribution < 1.29 is 0 Å². The third kappa shape index (κ3) is 3.89. The van der Waals surface area contributed by atoms with Gasteiger partial charge in [0.2, 0.25) is 0 Å². The fourth-order valence-corrected chi connectivity index (χ4v) is 3.07. The highest BCUT2D eigenvalue weighted by Crippen LogP contribution is 2.28. The quantitative estimate of drug-likeness (QED) is 0.847. The van der Waals surface area contributed by atoms with E-state index in [1.54, 1.807) is 0 Å². The minimum absolute atomic E-state index is 0.519. The van der Waals surface area contributed by atoms with Crippen molar-refractivity contribution in [2.75, 3.05) is 31.0 Å². The summed E-state index contributed by atoms with van der Waals surface area (Å²) in [6.45, 7) is 3.09. The van der Waals surface area contributed by atoms with Crippen molar-refractivity contribution in [1.29, 1.82) is 0 Å². The number of hydrogen-bond acceptors (Lipinski definition) is 4. The summed E-state index contributed by atoms with van der Waals surface area (Å²) in [4.78, 5) is 7.12. The number of aromatic nitrogens is 1. The number of rotatable bonds is 7. The van der Waals surface area contributed by atoms with E-state index in [2.05, 4.69) is 60.8 Å². The van der Waals surface area contributed by atoms with Gasteiger partial charge >= 0.3 is 0 Å². The lowest BCUT2D eigenvalue weighted by molar-refractivity contribution is 0.670. The van der Waals surface area contributed by atoms with Crippen LogP contribution in [-0.4, -0.2) is 37.1 Å². The molecule has 0 aliphatic carbocycles. The maximum atomic E-state index is 4.74. The Morgan fingerprint density at radius 2 is 2.10 bits per heavy atom. The summed E-state index contributed by atoms with van der Waals surface area (Å²) in [5, 5.41) is 4.43. The van der Waals surface area contributed by atoms with Crippen LogP contribution in [0.3, 0.4) is 0 Å². The van der Waals surface area contributed by atoms with E-state index in [0.29, 0.717) is 6.04 Å². The molecule has 0 aliphatic rings. The van der Waals surface area contributed by atoms with Gasteiger partial charge in [-0.25, -0.2) is 0 Å². The van der Waals surface area contributed by atoms with Crippen LogP contribution in [0.5, 0.6) is 0 Å². The van der Waals surface area contributed by atoms with Crippen LogP contribution in [0.15, 0.2) is 30.3 Å². The summed E-state index contributed by atoms with van der Waals surface area (Å²) in [5.41, 5.74) is 3.44. The Morgan fingerprint density at radius 1 is 1.33 bits per heavy atom. The van der Waals surface area contributed by atoms with Crippen LogP contribution in [0.4, 0.5) is 5.69 Å². The van der Waals surface area contributed by atoms with Crippen molar-refractivity contribution in [3.05, 3.63) is 36.0 Å². The molecular formula is C17H25N3S. The van der Waals surface area contributed by atoms with Crippen LogP contribution >= 0.6 is 11.8 Å². The van der Waals surface area contributed by atoms with Gasteiger partial charge in [-0.05, 0) is 44.5 Å². The van der Waals surface area contributed by atoms with Gasteiger partial charge in [-0.15, -0.1) is 0 Å². The number of pyridine rings is 1. The smallest absolute Gasteiger partial charge is 0.0726 e. The van der Waals surface area contributed by atoms with Crippen LogP contribution in [0.1, 0.15) is 19.0 Å². The van der Waals surface area contributed by atoms with E-state index < -0.39 is 0 Å². The maximum Gasteiger partial charge on any atom is 0.0726 e. The third-order valence-corrected chi connectivity index (χ3v) is 4.53. The zero-order valence-corrected chi connectivity index (χ0v) is 14.2. The molecule has 0 fully saturated rings. The Labute approximate surface area is 132 Å². The topological polar surface area (TPSA) is 28.2 Å². The van der Waals surface area contributed by atoms with E-state index in [9.17, 15) is 0 Å². The molecular weight excluding hydrogens is 278 g/mol. The van der Waals surface area contributed by atoms with Crippen molar-refractivity contribution >= 4 is 28.4 Å². The average Bonchev–Trinajstić information content (AvgIpc) is 2.51. The first kappa shape index (κ1) is 16.1. The Bertz CT molecular complexity index is 585. The Balaban J connectivity index is 2.40. The predicted octanol–water partition coefficient (Wildman–Crippen LogP) is 3.53. The number of anilines is 1. The first-order valence-corrected chi connectivity index (χ1v) is 8.81. The summed E-state index contributed by atoms with van der Waals surface area (Å²) < 4.78 is 0.